The molecule has 0 bridgehead atoms. The lowest BCUT2D eigenvalue weighted by Crippen LogP contribution is -3.16. The molecular formula is C20H28N5O+. The van der Waals surface area contributed by atoms with Crippen LogP contribution in [0.4, 0.5) is 5.95 Å². The van der Waals surface area contributed by atoms with Gasteiger partial charge in [0.2, 0.25) is 5.95 Å². The Hall–Kier alpha value is -2.47. The van der Waals surface area contributed by atoms with Crippen LogP contribution in [0.15, 0.2) is 36.7 Å². The van der Waals surface area contributed by atoms with Gasteiger partial charge in [-0.1, -0.05) is 18.2 Å². The molecule has 26 heavy (non-hydrogen) atoms. The van der Waals surface area contributed by atoms with E-state index in [9.17, 15) is 4.79 Å². The van der Waals surface area contributed by atoms with Crippen LogP contribution in [0.2, 0.25) is 0 Å². The molecule has 0 saturated carbocycles. The second-order valence-electron chi connectivity index (χ2n) is 7.10. The van der Waals surface area contributed by atoms with Gasteiger partial charge in [-0.2, -0.15) is 0 Å². The molecule has 1 fully saturated rings. The number of carbonyl (C=O) groups is 1. The number of quaternary nitrogens is 1. The smallest absolute Gasteiger partial charge is 0.275 e. The molecule has 0 unspecified atom stereocenters. The highest BCUT2D eigenvalue weighted by molar-refractivity contribution is 5.77. The van der Waals surface area contributed by atoms with Crippen molar-refractivity contribution >= 4 is 11.9 Å². The van der Waals surface area contributed by atoms with Gasteiger partial charge < -0.3 is 15.1 Å². The summed E-state index contributed by atoms with van der Waals surface area (Å²) in [6.45, 7) is 10.4. The highest BCUT2D eigenvalue weighted by atomic mass is 16.2. The molecule has 2 N–H and O–H groups in total. The van der Waals surface area contributed by atoms with Crippen molar-refractivity contribution in [1.82, 2.24) is 15.3 Å². The SMILES string of the molecule is Cc1ccc([C@H](C)NC(=O)C[NH+]2CCN(c3ncccn3)CC2)cc1C. The first kappa shape index (κ1) is 18.3. The lowest BCUT2D eigenvalue weighted by Gasteiger charge is -2.32. The molecule has 0 aliphatic carbocycles. The number of hydrogen-bond acceptors (Lipinski definition) is 4. The van der Waals surface area contributed by atoms with Crippen molar-refractivity contribution in [2.24, 2.45) is 0 Å². The molecule has 138 valence electrons. The van der Waals surface area contributed by atoms with E-state index in [0.717, 1.165) is 37.7 Å². The number of carbonyl (C=O) groups excluding carboxylic acids is 1. The van der Waals surface area contributed by atoms with Gasteiger partial charge >= 0.3 is 0 Å². The Morgan fingerprint density at radius 1 is 1.19 bits per heavy atom. The molecule has 1 aromatic heterocycles. The number of hydrogen-bond donors (Lipinski definition) is 2. The first-order chi connectivity index (χ1) is 12.5. The average Bonchev–Trinajstić information content (AvgIpc) is 2.65. The zero-order chi connectivity index (χ0) is 18.5. The van der Waals surface area contributed by atoms with Crippen LogP contribution in [0.25, 0.3) is 0 Å². The van der Waals surface area contributed by atoms with Gasteiger partial charge in [-0.25, -0.2) is 9.97 Å². The molecule has 2 heterocycles. The maximum absolute atomic E-state index is 12.4. The quantitative estimate of drug-likeness (QED) is 0.829. The van der Waals surface area contributed by atoms with Gasteiger partial charge in [0.05, 0.1) is 32.2 Å². The van der Waals surface area contributed by atoms with E-state index in [4.69, 9.17) is 0 Å². The predicted octanol–water partition coefficient (Wildman–Crippen LogP) is 0.676. The fourth-order valence-electron chi connectivity index (χ4n) is 3.29. The van der Waals surface area contributed by atoms with Gasteiger partial charge in [-0.05, 0) is 43.5 Å². The lowest BCUT2D eigenvalue weighted by atomic mass is 10.0. The number of nitrogens with one attached hydrogen (secondary N) is 2. The Kier molecular flexibility index (Phi) is 5.83. The van der Waals surface area contributed by atoms with Gasteiger partial charge in [-0.15, -0.1) is 0 Å². The number of piperazine rings is 1. The molecule has 1 saturated heterocycles. The Morgan fingerprint density at radius 2 is 1.88 bits per heavy atom. The van der Waals surface area contributed by atoms with Crippen LogP contribution in [-0.4, -0.2) is 48.6 Å². The molecule has 1 amide bonds. The topological polar surface area (TPSA) is 62.6 Å². The van der Waals surface area contributed by atoms with Crippen molar-refractivity contribution < 1.29 is 9.69 Å². The molecule has 0 spiro atoms. The molecular weight excluding hydrogens is 326 g/mol. The van der Waals surface area contributed by atoms with Crippen molar-refractivity contribution in [2.75, 3.05) is 37.6 Å². The summed E-state index contributed by atoms with van der Waals surface area (Å²) in [6, 6.07) is 8.22. The maximum atomic E-state index is 12.4. The Morgan fingerprint density at radius 3 is 2.54 bits per heavy atom. The summed E-state index contributed by atoms with van der Waals surface area (Å²) >= 11 is 0. The van der Waals surface area contributed by atoms with E-state index in [2.05, 4.69) is 52.2 Å². The highest BCUT2D eigenvalue weighted by Crippen LogP contribution is 2.16. The standard InChI is InChI=1S/C20H27N5O/c1-15-5-6-18(13-16(15)2)17(3)23-19(26)14-24-9-11-25(12-10-24)20-21-7-4-8-22-20/h4-8,13,17H,9-12,14H2,1-3H3,(H,23,26)/p+1/t17-/m0/s1. The number of amides is 1. The van der Waals surface area contributed by atoms with E-state index < -0.39 is 0 Å². The third-order valence-corrected chi connectivity index (χ3v) is 5.12. The second-order valence-corrected chi connectivity index (χ2v) is 7.10. The number of aromatic nitrogens is 2. The van der Waals surface area contributed by atoms with Crippen molar-refractivity contribution in [3.05, 3.63) is 53.3 Å². The zero-order valence-corrected chi connectivity index (χ0v) is 15.8. The zero-order valence-electron chi connectivity index (χ0n) is 15.8. The number of aryl methyl sites for hydroxylation is 2. The Balaban J connectivity index is 1.47. The largest absolute Gasteiger partial charge is 0.345 e. The molecule has 2 aromatic rings. The molecule has 1 atom stereocenters. The van der Waals surface area contributed by atoms with Crippen molar-refractivity contribution in [3.63, 3.8) is 0 Å². The third-order valence-electron chi connectivity index (χ3n) is 5.12. The van der Waals surface area contributed by atoms with Crippen LogP contribution < -0.4 is 15.1 Å². The Labute approximate surface area is 155 Å². The van der Waals surface area contributed by atoms with Gasteiger partial charge in [0, 0.05) is 12.4 Å². The molecule has 1 aliphatic heterocycles. The summed E-state index contributed by atoms with van der Waals surface area (Å²) in [5.74, 6) is 0.884. The molecule has 3 rings (SSSR count). The van der Waals surface area contributed by atoms with Gasteiger partial charge in [0.15, 0.2) is 6.54 Å². The minimum atomic E-state index is 0.0280. The normalized spacial score (nSPS) is 16.3. The number of benzene rings is 1. The van der Waals surface area contributed by atoms with E-state index >= 15 is 0 Å². The van der Waals surface area contributed by atoms with E-state index in [1.54, 1.807) is 12.4 Å². The van der Waals surface area contributed by atoms with E-state index in [-0.39, 0.29) is 11.9 Å². The first-order valence-corrected chi connectivity index (χ1v) is 9.25. The minimum absolute atomic E-state index is 0.0280. The summed E-state index contributed by atoms with van der Waals surface area (Å²) in [6.07, 6.45) is 3.53. The molecule has 6 nitrogen and oxygen atoms in total. The van der Waals surface area contributed by atoms with Gasteiger partial charge in [0.1, 0.15) is 0 Å². The molecule has 1 aromatic carbocycles. The van der Waals surface area contributed by atoms with Crippen LogP contribution >= 0.6 is 0 Å². The lowest BCUT2D eigenvalue weighted by molar-refractivity contribution is -0.892. The first-order valence-electron chi connectivity index (χ1n) is 9.25. The summed E-state index contributed by atoms with van der Waals surface area (Å²) in [5.41, 5.74) is 3.69. The fraction of sp³-hybridized carbons (Fsp3) is 0.450. The third kappa shape index (κ3) is 4.58. The van der Waals surface area contributed by atoms with Crippen molar-refractivity contribution in [3.8, 4) is 0 Å². The van der Waals surface area contributed by atoms with Crippen LogP contribution in [0.1, 0.15) is 29.7 Å². The van der Waals surface area contributed by atoms with Crippen LogP contribution in [-0.2, 0) is 4.79 Å². The summed E-state index contributed by atoms with van der Waals surface area (Å²) < 4.78 is 0. The summed E-state index contributed by atoms with van der Waals surface area (Å²) in [4.78, 5) is 24.5. The van der Waals surface area contributed by atoms with E-state index in [1.165, 1.54) is 16.0 Å². The van der Waals surface area contributed by atoms with Crippen molar-refractivity contribution in [2.45, 2.75) is 26.8 Å². The minimum Gasteiger partial charge on any atom is -0.345 e. The molecule has 6 heteroatoms. The van der Waals surface area contributed by atoms with E-state index in [1.807, 2.05) is 13.0 Å². The fourth-order valence-corrected chi connectivity index (χ4v) is 3.29. The van der Waals surface area contributed by atoms with Gasteiger partial charge in [-0.3, -0.25) is 4.79 Å². The van der Waals surface area contributed by atoms with Crippen LogP contribution in [0, 0.1) is 13.8 Å². The number of nitrogens with zero attached hydrogens (tertiary/aromatic N) is 3. The predicted molar refractivity (Wildman–Crippen MR) is 102 cm³/mol. The second kappa shape index (κ2) is 8.27. The van der Waals surface area contributed by atoms with E-state index in [0.29, 0.717) is 6.54 Å². The highest BCUT2D eigenvalue weighted by Gasteiger charge is 2.24. The monoisotopic (exact) mass is 354 g/mol. The number of rotatable bonds is 5. The van der Waals surface area contributed by atoms with Crippen LogP contribution in [0.3, 0.4) is 0 Å². The Bertz CT molecular complexity index is 741. The van der Waals surface area contributed by atoms with Crippen molar-refractivity contribution in [1.29, 1.82) is 0 Å². The summed E-state index contributed by atoms with van der Waals surface area (Å²) in [5, 5.41) is 3.13. The van der Waals surface area contributed by atoms with Gasteiger partial charge in [0.25, 0.3) is 5.91 Å². The number of anilines is 1. The maximum Gasteiger partial charge on any atom is 0.275 e. The van der Waals surface area contributed by atoms with Crippen LogP contribution in [0.5, 0.6) is 0 Å². The molecule has 0 radical (unpaired) electrons. The summed E-state index contributed by atoms with van der Waals surface area (Å²) in [7, 11) is 0. The molecule has 1 aliphatic rings. The average molecular weight is 354 g/mol.